The van der Waals surface area contributed by atoms with Crippen molar-refractivity contribution in [3.8, 4) is 0 Å². The Morgan fingerprint density at radius 1 is 1.50 bits per heavy atom. The highest BCUT2D eigenvalue weighted by molar-refractivity contribution is 5.62. The van der Waals surface area contributed by atoms with Crippen LogP contribution in [0.2, 0.25) is 0 Å². The Labute approximate surface area is 71.6 Å². The van der Waals surface area contributed by atoms with E-state index in [1.54, 1.807) is 0 Å². The zero-order valence-corrected chi connectivity index (χ0v) is 6.72. The second kappa shape index (κ2) is 2.95. The van der Waals surface area contributed by atoms with Crippen LogP contribution in [-0.4, -0.2) is 23.8 Å². The lowest BCUT2D eigenvalue weighted by Gasteiger charge is -2.29. The van der Waals surface area contributed by atoms with Crippen LogP contribution in [-0.2, 0) is 0 Å². The fourth-order valence-corrected chi connectivity index (χ4v) is 1.39. The molecule has 2 N–H and O–H groups in total. The van der Waals surface area contributed by atoms with E-state index >= 15 is 0 Å². The third-order valence-corrected chi connectivity index (χ3v) is 2.04. The van der Waals surface area contributed by atoms with Gasteiger partial charge in [0.2, 0.25) is 0 Å². The highest BCUT2D eigenvalue weighted by Gasteiger charge is 2.18. The standard InChI is InChI=1S/C9H11N3/c10-5-8-6-11-7-12-4-2-1-3-9(8)12/h1-4,6-7,9H,5,10H2/t9-/m0/s1. The first kappa shape index (κ1) is 7.31. The maximum Gasteiger partial charge on any atom is 0.0952 e. The van der Waals surface area contributed by atoms with Crippen LogP contribution in [0.3, 0.4) is 0 Å². The highest BCUT2D eigenvalue weighted by Crippen LogP contribution is 2.17. The third kappa shape index (κ3) is 1.08. The van der Waals surface area contributed by atoms with E-state index in [1.165, 1.54) is 0 Å². The fourth-order valence-electron chi connectivity index (χ4n) is 1.39. The SMILES string of the molecule is NCC1=CN=CN2C=CC=C[C@@H]12. The van der Waals surface area contributed by atoms with Gasteiger partial charge in [-0.3, -0.25) is 0 Å². The normalized spacial score (nSPS) is 25.6. The maximum atomic E-state index is 5.58. The highest BCUT2D eigenvalue weighted by atomic mass is 15.2. The van der Waals surface area contributed by atoms with E-state index in [0.717, 1.165) is 5.57 Å². The Hall–Kier alpha value is -1.35. The Bertz CT molecular complexity index is 286. The smallest absolute Gasteiger partial charge is 0.0952 e. The molecule has 1 atom stereocenters. The van der Waals surface area contributed by atoms with Gasteiger partial charge in [-0.05, 0) is 11.6 Å². The molecule has 0 fully saturated rings. The number of nitrogens with two attached hydrogens (primary N) is 1. The van der Waals surface area contributed by atoms with Crippen molar-refractivity contribution in [3.05, 3.63) is 36.2 Å². The number of nitrogens with zero attached hydrogens (tertiary/aromatic N) is 2. The number of allylic oxidation sites excluding steroid dienone is 2. The molecule has 62 valence electrons. The van der Waals surface area contributed by atoms with E-state index in [-0.39, 0.29) is 6.04 Å². The van der Waals surface area contributed by atoms with Crippen LogP contribution in [0.5, 0.6) is 0 Å². The zero-order valence-electron chi connectivity index (χ0n) is 6.72. The summed E-state index contributed by atoms with van der Waals surface area (Å²) in [5, 5.41) is 0. The zero-order chi connectivity index (χ0) is 8.39. The molecular formula is C9H11N3. The Kier molecular flexibility index (Phi) is 1.80. The molecule has 0 spiro atoms. The van der Waals surface area contributed by atoms with Crippen molar-refractivity contribution >= 4 is 6.34 Å². The molecule has 2 aliphatic rings. The molecule has 12 heavy (non-hydrogen) atoms. The molecule has 0 amide bonds. The van der Waals surface area contributed by atoms with Gasteiger partial charge in [-0.2, -0.15) is 0 Å². The van der Waals surface area contributed by atoms with Gasteiger partial charge < -0.3 is 10.6 Å². The van der Waals surface area contributed by atoms with Crippen molar-refractivity contribution in [2.24, 2.45) is 10.7 Å². The summed E-state index contributed by atoms with van der Waals surface area (Å²) in [5.74, 6) is 0. The molecule has 0 aromatic heterocycles. The summed E-state index contributed by atoms with van der Waals surface area (Å²) in [4.78, 5) is 6.13. The molecule has 2 aliphatic heterocycles. The van der Waals surface area contributed by atoms with Crippen LogP contribution in [0, 0.1) is 0 Å². The van der Waals surface area contributed by atoms with E-state index in [9.17, 15) is 0 Å². The summed E-state index contributed by atoms with van der Waals surface area (Å²) in [7, 11) is 0. The van der Waals surface area contributed by atoms with Crippen molar-refractivity contribution in [3.63, 3.8) is 0 Å². The largest absolute Gasteiger partial charge is 0.328 e. The Morgan fingerprint density at radius 3 is 3.25 bits per heavy atom. The number of rotatable bonds is 1. The molecule has 0 radical (unpaired) electrons. The second-order valence-corrected chi connectivity index (χ2v) is 2.79. The van der Waals surface area contributed by atoms with Crippen LogP contribution >= 0.6 is 0 Å². The van der Waals surface area contributed by atoms with Crippen molar-refractivity contribution in [2.45, 2.75) is 6.04 Å². The summed E-state index contributed by atoms with van der Waals surface area (Å²) in [5.41, 5.74) is 6.73. The van der Waals surface area contributed by atoms with Crippen LogP contribution in [0.25, 0.3) is 0 Å². The molecular weight excluding hydrogens is 150 g/mol. The molecule has 0 bridgehead atoms. The lowest BCUT2D eigenvalue weighted by molar-refractivity contribution is 0.510. The summed E-state index contributed by atoms with van der Waals surface area (Å²) < 4.78 is 0. The van der Waals surface area contributed by atoms with Gasteiger partial charge in [-0.1, -0.05) is 12.2 Å². The van der Waals surface area contributed by atoms with Crippen molar-refractivity contribution < 1.29 is 0 Å². The molecule has 3 nitrogen and oxygen atoms in total. The number of hydrogen-bond donors (Lipinski definition) is 1. The molecule has 0 aromatic carbocycles. The monoisotopic (exact) mass is 161 g/mol. The van der Waals surface area contributed by atoms with Crippen LogP contribution in [0.1, 0.15) is 0 Å². The van der Waals surface area contributed by atoms with E-state index < -0.39 is 0 Å². The predicted molar refractivity (Wildman–Crippen MR) is 49.5 cm³/mol. The minimum absolute atomic E-state index is 0.289. The Balaban J connectivity index is 2.28. The van der Waals surface area contributed by atoms with Gasteiger partial charge in [0.25, 0.3) is 0 Å². The van der Waals surface area contributed by atoms with E-state index in [4.69, 9.17) is 5.73 Å². The molecule has 0 saturated carbocycles. The van der Waals surface area contributed by atoms with E-state index in [0.29, 0.717) is 6.54 Å². The number of aliphatic imine (C=N–C) groups is 1. The van der Waals surface area contributed by atoms with E-state index in [1.807, 2.05) is 35.8 Å². The lowest BCUT2D eigenvalue weighted by Crippen LogP contribution is -2.35. The molecule has 3 heteroatoms. The quantitative estimate of drug-likeness (QED) is 0.612. The summed E-state index contributed by atoms with van der Waals surface area (Å²) in [6.45, 7) is 0.566. The van der Waals surface area contributed by atoms with Gasteiger partial charge in [-0.25, -0.2) is 4.99 Å². The van der Waals surface area contributed by atoms with Gasteiger partial charge in [-0.15, -0.1) is 0 Å². The minimum Gasteiger partial charge on any atom is -0.328 e. The fraction of sp³-hybridized carbons (Fsp3) is 0.222. The lowest BCUT2D eigenvalue weighted by atomic mass is 10.0. The molecule has 0 aliphatic carbocycles. The molecule has 0 aromatic rings. The van der Waals surface area contributed by atoms with Gasteiger partial charge in [0, 0.05) is 18.9 Å². The van der Waals surface area contributed by atoms with Gasteiger partial charge >= 0.3 is 0 Å². The molecule has 2 rings (SSSR count). The average Bonchev–Trinajstić information content (AvgIpc) is 2.17. The number of hydrogen-bond acceptors (Lipinski definition) is 3. The van der Waals surface area contributed by atoms with Gasteiger partial charge in [0.15, 0.2) is 0 Å². The summed E-state index contributed by atoms with van der Waals surface area (Å²) in [6, 6.07) is 0.289. The topological polar surface area (TPSA) is 41.6 Å². The van der Waals surface area contributed by atoms with Crippen molar-refractivity contribution in [1.82, 2.24) is 4.90 Å². The first-order chi connectivity index (χ1) is 5.92. The molecule has 0 unspecified atom stereocenters. The predicted octanol–water partition coefficient (Wildman–Crippen LogP) is 0.625. The van der Waals surface area contributed by atoms with Crippen LogP contribution < -0.4 is 5.73 Å². The number of fused-ring (bicyclic) bond motifs is 1. The summed E-state index contributed by atoms with van der Waals surface area (Å²) >= 11 is 0. The van der Waals surface area contributed by atoms with Crippen LogP contribution in [0.4, 0.5) is 0 Å². The molecule has 2 heterocycles. The van der Waals surface area contributed by atoms with Crippen LogP contribution in [0.15, 0.2) is 41.2 Å². The second-order valence-electron chi connectivity index (χ2n) is 2.79. The average molecular weight is 161 g/mol. The first-order valence-corrected chi connectivity index (χ1v) is 3.96. The Morgan fingerprint density at radius 2 is 2.42 bits per heavy atom. The van der Waals surface area contributed by atoms with Crippen molar-refractivity contribution in [1.29, 1.82) is 0 Å². The van der Waals surface area contributed by atoms with Gasteiger partial charge in [0.05, 0.1) is 12.4 Å². The van der Waals surface area contributed by atoms with Crippen molar-refractivity contribution in [2.75, 3.05) is 6.54 Å². The first-order valence-electron chi connectivity index (χ1n) is 3.96. The van der Waals surface area contributed by atoms with Gasteiger partial charge in [0.1, 0.15) is 0 Å². The third-order valence-electron chi connectivity index (χ3n) is 2.04. The van der Waals surface area contributed by atoms with E-state index in [2.05, 4.69) is 11.1 Å². The summed E-state index contributed by atoms with van der Waals surface area (Å²) in [6.07, 6.45) is 11.8. The minimum atomic E-state index is 0.289. The maximum absolute atomic E-state index is 5.58. The molecule has 0 saturated heterocycles.